The number of benzene rings is 1. The van der Waals surface area contributed by atoms with Crippen LogP contribution in [0.1, 0.15) is 11.1 Å². The molecule has 1 aliphatic heterocycles. The summed E-state index contributed by atoms with van der Waals surface area (Å²) < 4.78 is 5.98. The van der Waals surface area contributed by atoms with Gasteiger partial charge in [0.15, 0.2) is 5.13 Å². The number of nitrogens with zero attached hydrogens (tertiary/aromatic N) is 5. The number of aryl methyl sites for hydroxylation is 1. The molecular formula is C20H19N7OS. The molecular weight excluding hydrogens is 386 g/mol. The van der Waals surface area contributed by atoms with Crippen LogP contribution in [0, 0.1) is 6.92 Å². The highest BCUT2D eigenvalue weighted by Gasteiger charge is 2.19. The average Bonchev–Trinajstić information content (AvgIpc) is 2.95. The molecule has 9 heteroatoms. The molecule has 4 N–H and O–H groups in total. The van der Waals surface area contributed by atoms with Gasteiger partial charge in [0, 0.05) is 35.6 Å². The van der Waals surface area contributed by atoms with Crippen LogP contribution in [-0.4, -0.2) is 33.1 Å². The molecule has 0 aliphatic carbocycles. The number of nitrogens with two attached hydrogens (primary N) is 2. The smallest absolute Gasteiger partial charge is 0.221 e. The normalized spacial score (nSPS) is 13.8. The topological polar surface area (TPSA) is 116 Å². The van der Waals surface area contributed by atoms with Crippen molar-refractivity contribution >= 4 is 38.6 Å². The summed E-state index contributed by atoms with van der Waals surface area (Å²) in [6.07, 6.45) is 3.60. The molecule has 0 radical (unpaired) electrons. The number of fused-ring (bicyclic) bond motifs is 2. The van der Waals surface area contributed by atoms with E-state index < -0.39 is 0 Å². The molecule has 0 unspecified atom stereocenters. The summed E-state index contributed by atoms with van der Waals surface area (Å²) in [5.74, 6) is 1.98. The molecule has 1 aromatic carbocycles. The number of aromatic nitrogens is 4. The minimum absolute atomic E-state index is 0.270. The number of thiazole rings is 1. The predicted octanol–water partition coefficient (Wildman–Crippen LogP) is 3.02. The third-order valence-electron chi connectivity index (χ3n) is 4.90. The Morgan fingerprint density at radius 2 is 1.97 bits per heavy atom. The van der Waals surface area contributed by atoms with Gasteiger partial charge in [0.2, 0.25) is 5.95 Å². The molecule has 1 aliphatic rings. The highest BCUT2D eigenvalue weighted by molar-refractivity contribution is 7.21. The SMILES string of the molecule is Cc1cnc(N)nc1N1CCOc2ccc(-c3cnc4sc(N)nc4c3)cc2C1. The van der Waals surface area contributed by atoms with Gasteiger partial charge in [-0.3, -0.25) is 0 Å². The van der Waals surface area contributed by atoms with Crippen molar-refractivity contribution in [2.45, 2.75) is 13.5 Å². The van der Waals surface area contributed by atoms with E-state index in [2.05, 4.69) is 30.9 Å². The quantitative estimate of drug-likeness (QED) is 0.523. The summed E-state index contributed by atoms with van der Waals surface area (Å²) in [5.41, 5.74) is 16.5. The van der Waals surface area contributed by atoms with Gasteiger partial charge in [-0.05, 0) is 30.7 Å². The standard InChI is InChI=1S/C20H19N7OS/c1-11-8-24-19(21)26-17(11)27-4-5-28-16-3-2-12(6-14(16)10-27)13-7-15-18(23-9-13)29-20(22)25-15/h2-3,6-9H,4-5,10H2,1H3,(H2,22,25)(H2,21,24,26). The lowest BCUT2D eigenvalue weighted by Gasteiger charge is -2.22. The summed E-state index contributed by atoms with van der Waals surface area (Å²) in [5, 5.41) is 0.523. The van der Waals surface area contributed by atoms with Crippen molar-refractivity contribution < 1.29 is 4.74 Å². The largest absolute Gasteiger partial charge is 0.491 e. The third kappa shape index (κ3) is 3.29. The Kier molecular flexibility index (Phi) is 4.17. The van der Waals surface area contributed by atoms with E-state index in [9.17, 15) is 0 Å². The van der Waals surface area contributed by atoms with Crippen LogP contribution < -0.4 is 21.1 Å². The number of rotatable bonds is 2. The minimum atomic E-state index is 0.270. The highest BCUT2D eigenvalue weighted by Crippen LogP contribution is 2.32. The van der Waals surface area contributed by atoms with Gasteiger partial charge in [-0.15, -0.1) is 0 Å². The second-order valence-electron chi connectivity index (χ2n) is 6.93. The first kappa shape index (κ1) is 17.6. The van der Waals surface area contributed by atoms with Crippen LogP contribution in [0.15, 0.2) is 36.7 Å². The summed E-state index contributed by atoms with van der Waals surface area (Å²) >= 11 is 1.39. The average molecular weight is 405 g/mol. The Bertz CT molecular complexity index is 1220. The van der Waals surface area contributed by atoms with E-state index in [1.54, 1.807) is 6.20 Å². The number of hydrogen-bond donors (Lipinski definition) is 2. The fourth-order valence-corrected chi connectivity index (χ4v) is 4.18. The molecule has 0 bridgehead atoms. The predicted molar refractivity (Wildman–Crippen MR) is 115 cm³/mol. The van der Waals surface area contributed by atoms with Crippen LogP contribution in [0.25, 0.3) is 21.5 Å². The second-order valence-corrected chi connectivity index (χ2v) is 7.94. The number of ether oxygens (including phenoxy) is 1. The molecule has 4 heterocycles. The van der Waals surface area contributed by atoms with Crippen molar-refractivity contribution in [3.8, 4) is 16.9 Å². The Balaban J connectivity index is 1.52. The van der Waals surface area contributed by atoms with E-state index in [-0.39, 0.29) is 5.95 Å². The van der Waals surface area contributed by atoms with Crippen LogP contribution in [0.5, 0.6) is 5.75 Å². The molecule has 4 aromatic rings. The Hall–Kier alpha value is -3.46. The zero-order valence-corrected chi connectivity index (χ0v) is 16.6. The molecule has 3 aromatic heterocycles. The third-order valence-corrected chi connectivity index (χ3v) is 5.71. The first-order valence-corrected chi connectivity index (χ1v) is 10.0. The molecule has 29 heavy (non-hydrogen) atoms. The summed E-state index contributed by atoms with van der Waals surface area (Å²) in [6, 6.07) is 8.20. The maximum Gasteiger partial charge on any atom is 0.221 e. The molecule has 146 valence electrons. The lowest BCUT2D eigenvalue weighted by Crippen LogP contribution is -2.27. The number of hydrogen-bond acceptors (Lipinski definition) is 9. The van der Waals surface area contributed by atoms with Crippen molar-refractivity contribution in [3.05, 3.63) is 47.8 Å². The van der Waals surface area contributed by atoms with Gasteiger partial charge in [-0.2, -0.15) is 4.98 Å². The van der Waals surface area contributed by atoms with Crippen molar-refractivity contribution in [2.24, 2.45) is 0 Å². The Labute approximate surface area is 171 Å². The van der Waals surface area contributed by atoms with Crippen molar-refractivity contribution in [3.63, 3.8) is 0 Å². The van der Waals surface area contributed by atoms with Gasteiger partial charge in [0.25, 0.3) is 0 Å². The van der Waals surface area contributed by atoms with Gasteiger partial charge in [-0.25, -0.2) is 15.0 Å². The van der Waals surface area contributed by atoms with E-state index in [1.165, 1.54) is 11.3 Å². The molecule has 5 rings (SSSR count). The van der Waals surface area contributed by atoms with E-state index in [0.29, 0.717) is 24.8 Å². The van der Waals surface area contributed by atoms with Crippen molar-refractivity contribution in [1.82, 2.24) is 19.9 Å². The molecule has 8 nitrogen and oxygen atoms in total. The van der Waals surface area contributed by atoms with E-state index >= 15 is 0 Å². The zero-order chi connectivity index (χ0) is 20.0. The van der Waals surface area contributed by atoms with E-state index in [0.717, 1.165) is 44.2 Å². The molecule has 0 atom stereocenters. The summed E-state index contributed by atoms with van der Waals surface area (Å²) in [6.45, 7) is 3.94. The zero-order valence-electron chi connectivity index (χ0n) is 15.8. The van der Waals surface area contributed by atoms with Gasteiger partial charge in [-0.1, -0.05) is 17.4 Å². The Morgan fingerprint density at radius 3 is 2.86 bits per heavy atom. The maximum atomic E-state index is 5.98. The van der Waals surface area contributed by atoms with Gasteiger partial charge >= 0.3 is 0 Å². The lowest BCUT2D eigenvalue weighted by molar-refractivity contribution is 0.331. The van der Waals surface area contributed by atoms with Crippen molar-refractivity contribution in [2.75, 3.05) is 29.5 Å². The van der Waals surface area contributed by atoms with E-state index in [1.807, 2.05) is 31.3 Å². The highest BCUT2D eigenvalue weighted by atomic mass is 32.1. The minimum Gasteiger partial charge on any atom is -0.491 e. The lowest BCUT2D eigenvalue weighted by atomic mass is 10.0. The van der Waals surface area contributed by atoms with Gasteiger partial charge < -0.3 is 21.1 Å². The fraction of sp³-hybridized carbons (Fsp3) is 0.200. The number of anilines is 3. The van der Waals surface area contributed by atoms with Crippen LogP contribution in [0.3, 0.4) is 0 Å². The number of pyridine rings is 1. The molecule has 0 fully saturated rings. The van der Waals surface area contributed by atoms with Crippen LogP contribution in [0.2, 0.25) is 0 Å². The first-order valence-electron chi connectivity index (χ1n) is 9.19. The fourth-order valence-electron chi connectivity index (χ4n) is 3.52. The van der Waals surface area contributed by atoms with Gasteiger partial charge in [0.05, 0.1) is 6.54 Å². The number of nitrogen functional groups attached to an aromatic ring is 2. The maximum absolute atomic E-state index is 5.98. The first-order chi connectivity index (χ1) is 14.1. The van der Waals surface area contributed by atoms with Crippen molar-refractivity contribution in [1.29, 1.82) is 0 Å². The van der Waals surface area contributed by atoms with E-state index in [4.69, 9.17) is 16.2 Å². The molecule has 0 spiro atoms. The monoisotopic (exact) mass is 405 g/mol. The van der Waals surface area contributed by atoms with Crippen LogP contribution in [-0.2, 0) is 6.54 Å². The molecule has 0 amide bonds. The molecule has 0 saturated heterocycles. The second kappa shape index (κ2) is 6.85. The van der Waals surface area contributed by atoms with Crippen LogP contribution in [0.4, 0.5) is 16.9 Å². The Morgan fingerprint density at radius 1 is 1.07 bits per heavy atom. The summed E-state index contributed by atoms with van der Waals surface area (Å²) in [7, 11) is 0. The van der Waals surface area contributed by atoms with Gasteiger partial charge in [0.1, 0.15) is 28.5 Å². The van der Waals surface area contributed by atoms with Crippen LogP contribution >= 0.6 is 11.3 Å². The summed E-state index contributed by atoms with van der Waals surface area (Å²) in [4.78, 5) is 20.4. The molecule has 0 saturated carbocycles.